The van der Waals surface area contributed by atoms with E-state index in [4.69, 9.17) is 16.0 Å². The summed E-state index contributed by atoms with van der Waals surface area (Å²) in [6.07, 6.45) is 6.20. The minimum Gasteiger partial charge on any atom is -0.481 e. The summed E-state index contributed by atoms with van der Waals surface area (Å²) in [5.41, 5.74) is 0.673. The molecule has 5 nitrogen and oxygen atoms in total. The zero-order valence-electron chi connectivity index (χ0n) is 13.9. The molecule has 1 saturated carbocycles. The first-order valence-corrected chi connectivity index (χ1v) is 8.93. The van der Waals surface area contributed by atoms with Gasteiger partial charge >= 0.3 is 5.97 Å². The van der Waals surface area contributed by atoms with Gasteiger partial charge in [-0.15, -0.1) is 0 Å². The molecule has 1 N–H and O–H groups in total. The molecule has 2 aliphatic carbocycles. The average molecular weight is 372 g/mol. The Labute approximate surface area is 155 Å². The zero-order chi connectivity index (χ0) is 18.3. The number of nitrogens with zero attached hydrogens (tertiary/aromatic N) is 1. The number of carboxylic acids is 1. The Kier molecular flexibility index (Phi) is 4.32. The second-order valence-corrected chi connectivity index (χ2v) is 7.25. The predicted octanol–water partition coefficient (Wildman–Crippen LogP) is 3.99. The first kappa shape index (κ1) is 16.9. The Morgan fingerprint density at radius 3 is 2.42 bits per heavy atom. The Hall–Kier alpha value is -2.53. The number of carbonyl (C=O) groups is 2. The van der Waals surface area contributed by atoms with Crippen molar-refractivity contribution in [2.75, 3.05) is 4.90 Å². The highest BCUT2D eigenvalue weighted by Gasteiger charge is 2.52. The van der Waals surface area contributed by atoms with Crippen molar-refractivity contribution in [1.82, 2.24) is 0 Å². The molecule has 0 aliphatic heterocycles. The van der Waals surface area contributed by atoms with E-state index in [0.717, 1.165) is 6.42 Å². The monoisotopic (exact) mass is 371 g/mol. The number of fused-ring (bicyclic) bond motifs is 2. The van der Waals surface area contributed by atoms with Crippen molar-refractivity contribution >= 4 is 29.2 Å². The van der Waals surface area contributed by atoms with Crippen LogP contribution in [-0.2, 0) is 16.1 Å². The summed E-state index contributed by atoms with van der Waals surface area (Å²) in [5.74, 6) is -1.79. The summed E-state index contributed by atoms with van der Waals surface area (Å²) >= 11 is 5.97. The number of allylic oxidation sites excluding steroid dienone is 2. The number of carboxylic acid groups (broad SMARTS) is 1. The lowest BCUT2D eigenvalue weighted by molar-refractivity contribution is -0.147. The molecule has 134 valence electrons. The SMILES string of the molecule is O=C(O)C1C2C=CC(C2)C1C(=O)N(Cc1ccco1)c1ccc(Cl)cc1. The maximum absolute atomic E-state index is 13.4. The van der Waals surface area contributed by atoms with E-state index in [1.165, 1.54) is 0 Å². The third kappa shape index (κ3) is 2.92. The Morgan fingerprint density at radius 2 is 1.81 bits per heavy atom. The topological polar surface area (TPSA) is 70.8 Å². The molecular formula is C20H18ClNO4. The molecule has 4 atom stereocenters. The number of amides is 1. The van der Waals surface area contributed by atoms with Gasteiger partial charge in [-0.1, -0.05) is 23.8 Å². The molecule has 6 heteroatoms. The fourth-order valence-corrected chi connectivity index (χ4v) is 4.28. The number of anilines is 1. The third-order valence-electron chi connectivity index (χ3n) is 5.33. The molecule has 1 amide bonds. The Balaban J connectivity index is 1.68. The number of furan rings is 1. The number of carbonyl (C=O) groups excluding carboxylic acids is 1. The molecule has 1 heterocycles. The van der Waals surface area contributed by atoms with Crippen LogP contribution in [0.15, 0.2) is 59.2 Å². The number of benzene rings is 1. The van der Waals surface area contributed by atoms with Gasteiger partial charge in [-0.3, -0.25) is 9.59 Å². The summed E-state index contributed by atoms with van der Waals surface area (Å²) < 4.78 is 5.41. The second-order valence-electron chi connectivity index (χ2n) is 6.82. The standard InChI is InChI=1S/C20H18ClNO4/c21-14-5-7-15(8-6-14)22(11-16-2-1-9-26-16)19(23)17-12-3-4-13(10-12)18(17)20(24)25/h1-9,12-13,17-18H,10-11H2,(H,24,25). The predicted molar refractivity (Wildman–Crippen MR) is 96.7 cm³/mol. The van der Waals surface area contributed by atoms with Crippen molar-refractivity contribution in [3.8, 4) is 0 Å². The molecule has 2 aromatic rings. The van der Waals surface area contributed by atoms with Gasteiger partial charge < -0.3 is 14.4 Å². The lowest BCUT2D eigenvalue weighted by Gasteiger charge is -2.30. The van der Waals surface area contributed by atoms with Gasteiger partial charge in [0.1, 0.15) is 5.76 Å². The highest BCUT2D eigenvalue weighted by molar-refractivity contribution is 6.30. The molecule has 26 heavy (non-hydrogen) atoms. The fourth-order valence-electron chi connectivity index (χ4n) is 4.15. The van der Waals surface area contributed by atoms with E-state index in [1.54, 1.807) is 47.6 Å². The summed E-state index contributed by atoms with van der Waals surface area (Å²) in [6, 6.07) is 10.5. The molecule has 2 bridgehead atoms. The molecule has 4 unspecified atom stereocenters. The van der Waals surface area contributed by atoms with Crippen LogP contribution in [-0.4, -0.2) is 17.0 Å². The molecule has 2 aliphatic rings. The molecule has 0 radical (unpaired) electrons. The van der Waals surface area contributed by atoms with E-state index in [2.05, 4.69) is 0 Å². The highest BCUT2D eigenvalue weighted by Crippen LogP contribution is 2.49. The van der Waals surface area contributed by atoms with Crippen LogP contribution in [0.25, 0.3) is 0 Å². The minimum absolute atomic E-state index is 0.0278. The lowest BCUT2D eigenvalue weighted by atomic mass is 9.82. The van der Waals surface area contributed by atoms with Gasteiger partial charge in [-0.2, -0.15) is 0 Å². The van der Waals surface area contributed by atoms with E-state index in [-0.39, 0.29) is 24.3 Å². The maximum atomic E-state index is 13.4. The van der Waals surface area contributed by atoms with Crippen molar-refractivity contribution < 1.29 is 19.1 Å². The van der Waals surface area contributed by atoms with Gasteiger partial charge in [0.25, 0.3) is 0 Å². The van der Waals surface area contributed by atoms with E-state index in [0.29, 0.717) is 16.5 Å². The van der Waals surface area contributed by atoms with Gasteiger partial charge in [0.05, 0.1) is 24.6 Å². The van der Waals surface area contributed by atoms with Gasteiger partial charge in [0, 0.05) is 10.7 Å². The Morgan fingerprint density at radius 1 is 1.12 bits per heavy atom. The number of aliphatic carboxylic acids is 1. The van der Waals surface area contributed by atoms with Gasteiger partial charge in [0.2, 0.25) is 5.91 Å². The number of rotatable bonds is 5. The van der Waals surface area contributed by atoms with E-state index in [9.17, 15) is 14.7 Å². The first-order chi connectivity index (χ1) is 12.5. The lowest BCUT2D eigenvalue weighted by Crippen LogP contribution is -2.42. The van der Waals surface area contributed by atoms with Gasteiger partial charge in [0.15, 0.2) is 0 Å². The zero-order valence-corrected chi connectivity index (χ0v) is 14.7. The summed E-state index contributed by atoms with van der Waals surface area (Å²) in [7, 11) is 0. The van der Waals surface area contributed by atoms with E-state index in [1.807, 2.05) is 12.2 Å². The molecule has 0 spiro atoms. The summed E-state index contributed by atoms with van der Waals surface area (Å²) in [5, 5.41) is 10.2. The second kappa shape index (κ2) is 6.65. The van der Waals surface area contributed by atoms with Gasteiger partial charge in [-0.05, 0) is 54.7 Å². The molecular weight excluding hydrogens is 354 g/mol. The van der Waals surface area contributed by atoms with Crippen LogP contribution in [0, 0.1) is 23.7 Å². The largest absolute Gasteiger partial charge is 0.481 e. The third-order valence-corrected chi connectivity index (χ3v) is 5.58. The molecule has 1 aromatic heterocycles. The quantitative estimate of drug-likeness (QED) is 0.807. The number of hydrogen-bond donors (Lipinski definition) is 1. The smallest absolute Gasteiger partial charge is 0.307 e. The molecule has 1 fully saturated rings. The van der Waals surface area contributed by atoms with Crippen LogP contribution < -0.4 is 4.90 Å². The first-order valence-electron chi connectivity index (χ1n) is 8.55. The molecule has 1 aromatic carbocycles. The molecule has 4 rings (SSSR count). The van der Waals surface area contributed by atoms with E-state index < -0.39 is 17.8 Å². The van der Waals surface area contributed by atoms with Crippen LogP contribution in [0.5, 0.6) is 0 Å². The minimum atomic E-state index is -0.908. The van der Waals surface area contributed by atoms with Crippen molar-refractivity contribution in [2.45, 2.75) is 13.0 Å². The van der Waals surface area contributed by atoms with Crippen molar-refractivity contribution in [2.24, 2.45) is 23.7 Å². The Bertz CT molecular complexity index is 843. The van der Waals surface area contributed by atoms with Crippen LogP contribution in [0.1, 0.15) is 12.2 Å². The summed E-state index contributed by atoms with van der Waals surface area (Å²) in [6.45, 7) is 0.247. The number of hydrogen-bond acceptors (Lipinski definition) is 3. The fraction of sp³-hybridized carbons (Fsp3) is 0.300. The van der Waals surface area contributed by atoms with Crippen LogP contribution in [0.2, 0.25) is 5.02 Å². The van der Waals surface area contributed by atoms with E-state index >= 15 is 0 Å². The normalized spacial score (nSPS) is 26.2. The van der Waals surface area contributed by atoms with Crippen LogP contribution in [0.4, 0.5) is 5.69 Å². The highest BCUT2D eigenvalue weighted by atomic mass is 35.5. The van der Waals surface area contributed by atoms with Crippen molar-refractivity contribution in [1.29, 1.82) is 0 Å². The van der Waals surface area contributed by atoms with Crippen LogP contribution in [0.3, 0.4) is 0 Å². The summed E-state index contributed by atoms with van der Waals surface area (Å²) in [4.78, 5) is 26.8. The van der Waals surface area contributed by atoms with Crippen molar-refractivity contribution in [3.05, 3.63) is 65.6 Å². The molecule has 0 saturated heterocycles. The van der Waals surface area contributed by atoms with Gasteiger partial charge in [-0.25, -0.2) is 0 Å². The van der Waals surface area contributed by atoms with Crippen molar-refractivity contribution in [3.63, 3.8) is 0 Å². The average Bonchev–Trinajstić information content (AvgIpc) is 3.36. The maximum Gasteiger partial charge on any atom is 0.307 e. The van der Waals surface area contributed by atoms with Crippen LogP contribution >= 0.6 is 11.6 Å². The number of halogens is 1.